The number of anilines is 1. The lowest BCUT2D eigenvalue weighted by molar-refractivity contribution is 0.184. The standard InChI is InChI=1S/C12H6F5N3O2/c13-6-7(14)9(16)11(10(17)8(6)15)19-12(21)18-5-1-3-20(22)4-2-5/h1-4,22H,(H,19,21). The van der Waals surface area contributed by atoms with E-state index in [0.717, 1.165) is 24.5 Å². The molecule has 2 amide bonds. The minimum absolute atomic E-state index is 0.0216. The van der Waals surface area contributed by atoms with Crippen molar-refractivity contribution in [2.24, 2.45) is 4.99 Å². The van der Waals surface area contributed by atoms with E-state index in [4.69, 9.17) is 5.21 Å². The average Bonchev–Trinajstić information content (AvgIpc) is 2.50. The van der Waals surface area contributed by atoms with Crippen LogP contribution < -0.4 is 10.7 Å². The van der Waals surface area contributed by atoms with Gasteiger partial charge in [0.15, 0.2) is 23.3 Å². The Morgan fingerprint density at radius 1 is 0.955 bits per heavy atom. The largest absolute Gasteiger partial charge is 0.429 e. The van der Waals surface area contributed by atoms with Gasteiger partial charge in [-0.25, -0.2) is 31.5 Å². The predicted molar refractivity (Wildman–Crippen MR) is 62.4 cm³/mol. The van der Waals surface area contributed by atoms with Gasteiger partial charge >= 0.3 is 6.03 Å². The number of aromatic nitrogens is 1. The fourth-order valence-corrected chi connectivity index (χ4v) is 1.45. The van der Waals surface area contributed by atoms with E-state index in [1.807, 2.05) is 0 Å². The predicted octanol–water partition coefficient (Wildman–Crippen LogP) is 2.55. The van der Waals surface area contributed by atoms with Crippen LogP contribution in [0.3, 0.4) is 0 Å². The number of benzene rings is 1. The topological polar surface area (TPSA) is 66.6 Å². The third kappa shape index (κ3) is 2.90. The molecule has 0 saturated carbocycles. The van der Waals surface area contributed by atoms with Crippen LogP contribution in [-0.2, 0) is 0 Å². The lowest BCUT2D eigenvalue weighted by Crippen LogP contribution is -2.16. The van der Waals surface area contributed by atoms with Crippen molar-refractivity contribution < 1.29 is 32.0 Å². The molecule has 1 heterocycles. The first-order valence-corrected chi connectivity index (χ1v) is 5.56. The highest BCUT2D eigenvalue weighted by molar-refractivity contribution is 5.90. The number of amides is 2. The van der Waals surface area contributed by atoms with E-state index in [0.29, 0.717) is 4.73 Å². The molecule has 22 heavy (non-hydrogen) atoms. The second-order valence-corrected chi connectivity index (χ2v) is 3.92. The molecule has 0 bridgehead atoms. The van der Waals surface area contributed by atoms with Crippen LogP contribution in [0.1, 0.15) is 0 Å². The van der Waals surface area contributed by atoms with Crippen LogP contribution in [-0.4, -0.2) is 16.0 Å². The van der Waals surface area contributed by atoms with Crippen LogP contribution in [0.25, 0.3) is 0 Å². The summed E-state index contributed by atoms with van der Waals surface area (Å²) in [5.74, 6) is -11.1. The number of nitrogens with zero attached hydrogens (tertiary/aromatic N) is 2. The van der Waals surface area contributed by atoms with Crippen molar-refractivity contribution in [1.82, 2.24) is 4.73 Å². The quantitative estimate of drug-likeness (QED) is 0.367. The zero-order valence-corrected chi connectivity index (χ0v) is 10.4. The zero-order chi connectivity index (χ0) is 16.4. The van der Waals surface area contributed by atoms with Crippen LogP contribution in [0, 0.1) is 29.1 Å². The van der Waals surface area contributed by atoms with E-state index in [9.17, 15) is 26.7 Å². The van der Waals surface area contributed by atoms with Crippen molar-refractivity contribution in [2.45, 2.75) is 0 Å². The lowest BCUT2D eigenvalue weighted by atomic mass is 10.2. The normalized spacial score (nSPS) is 10.4. The Balaban J connectivity index is 2.37. The van der Waals surface area contributed by atoms with E-state index in [-0.39, 0.29) is 5.36 Å². The molecule has 116 valence electrons. The number of hydrogen-bond donors (Lipinski definition) is 2. The van der Waals surface area contributed by atoms with Gasteiger partial charge in [-0.15, -0.1) is 0 Å². The SMILES string of the molecule is O=C(N=c1ccn(O)cc1)Nc1c(F)c(F)c(F)c(F)c1F. The molecule has 2 aromatic rings. The molecule has 0 spiro atoms. The van der Waals surface area contributed by atoms with Crippen LogP contribution in [0.4, 0.5) is 32.4 Å². The second-order valence-electron chi connectivity index (χ2n) is 3.92. The van der Waals surface area contributed by atoms with Gasteiger partial charge in [-0.05, 0) is 12.1 Å². The van der Waals surface area contributed by atoms with Gasteiger partial charge in [0.1, 0.15) is 5.69 Å². The number of carbonyl (C=O) groups is 1. The molecule has 0 unspecified atom stereocenters. The molecular weight excluding hydrogens is 313 g/mol. The summed E-state index contributed by atoms with van der Waals surface area (Å²) in [5.41, 5.74) is -1.50. The van der Waals surface area contributed by atoms with Gasteiger partial charge in [0.25, 0.3) is 0 Å². The maximum atomic E-state index is 13.3. The van der Waals surface area contributed by atoms with E-state index in [1.165, 1.54) is 5.32 Å². The van der Waals surface area contributed by atoms with Gasteiger partial charge < -0.3 is 10.5 Å². The molecule has 0 atom stereocenters. The fraction of sp³-hybridized carbons (Fsp3) is 0. The van der Waals surface area contributed by atoms with Crippen LogP contribution in [0.15, 0.2) is 29.5 Å². The monoisotopic (exact) mass is 319 g/mol. The van der Waals surface area contributed by atoms with Gasteiger partial charge in [-0.3, -0.25) is 0 Å². The van der Waals surface area contributed by atoms with E-state index in [1.54, 1.807) is 0 Å². The Morgan fingerprint density at radius 2 is 1.41 bits per heavy atom. The molecule has 5 nitrogen and oxygen atoms in total. The number of halogens is 5. The number of urea groups is 1. The van der Waals surface area contributed by atoms with Crippen LogP contribution in [0.2, 0.25) is 0 Å². The van der Waals surface area contributed by atoms with Crippen molar-refractivity contribution in [1.29, 1.82) is 0 Å². The third-order valence-corrected chi connectivity index (χ3v) is 2.47. The summed E-state index contributed by atoms with van der Waals surface area (Å²) >= 11 is 0. The fourth-order valence-electron chi connectivity index (χ4n) is 1.45. The molecule has 2 rings (SSSR count). The molecule has 0 aliphatic carbocycles. The summed E-state index contributed by atoms with van der Waals surface area (Å²) in [4.78, 5) is 14.8. The first-order chi connectivity index (χ1) is 10.3. The van der Waals surface area contributed by atoms with Crippen molar-refractivity contribution in [3.63, 3.8) is 0 Å². The molecule has 1 aromatic heterocycles. The van der Waals surface area contributed by atoms with E-state index >= 15 is 0 Å². The van der Waals surface area contributed by atoms with E-state index < -0.39 is 40.8 Å². The molecule has 0 aliphatic rings. The Hall–Kier alpha value is -2.91. The molecule has 0 radical (unpaired) electrons. The van der Waals surface area contributed by atoms with Crippen molar-refractivity contribution in [2.75, 3.05) is 5.32 Å². The third-order valence-electron chi connectivity index (χ3n) is 2.47. The minimum atomic E-state index is -2.33. The van der Waals surface area contributed by atoms with Crippen molar-refractivity contribution in [3.8, 4) is 0 Å². The molecule has 10 heteroatoms. The number of carbonyl (C=O) groups excluding carboxylic acids is 1. The number of hydrogen-bond acceptors (Lipinski definition) is 2. The summed E-state index contributed by atoms with van der Waals surface area (Å²) in [5, 5.41) is 10.4. The van der Waals surface area contributed by atoms with Gasteiger partial charge in [0.05, 0.1) is 5.36 Å². The Labute approximate surface area is 118 Å². The maximum absolute atomic E-state index is 13.3. The number of rotatable bonds is 1. The van der Waals surface area contributed by atoms with Crippen molar-refractivity contribution >= 4 is 11.7 Å². The number of nitrogens with one attached hydrogen (secondary N) is 1. The van der Waals surface area contributed by atoms with E-state index in [2.05, 4.69) is 4.99 Å². The smallest absolute Gasteiger partial charge is 0.346 e. The lowest BCUT2D eigenvalue weighted by Gasteiger charge is -2.07. The van der Waals surface area contributed by atoms with Gasteiger partial charge in [0, 0.05) is 12.4 Å². The molecule has 1 aromatic carbocycles. The molecule has 0 aliphatic heterocycles. The Morgan fingerprint density at radius 3 is 1.91 bits per heavy atom. The highest BCUT2D eigenvalue weighted by atomic mass is 19.2. The minimum Gasteiger partial charge on any atom is -0.429 e. The van der Waals surface area contributed by atoms with Gasteiger partial charge in [-0.2, -0.15) is 4.99 Å². The second kappa shape index (κ2) is 5.84. The van der Waals surface area contributed by atoms with Crippen LogP contribution in [0.5, 0.6) is 0 Å². The summed E-state index contributed by atoms with van der Waals surface area (Å²) in [6.07, 6.45) is 2.20. The highest BCUT2D eigenvalue weighted by Gasteiger charge is 2.26. The first-order valence-electron chi connectivity index (χ1n) is 5.56. The molecule has 0 fully saturated rings. The highest BCUT2D eigenvalue weighted by Crippen LogP contribution is 2.27. The summed E-state index contributed by atoms with van der Waals surface area (Å²) in [6, 6.07) is 0.967. The Bertz CT molecular complexity index is 770. The van der Waals surface area contributed by atoms with Crippen LogP contribution >= 0.6 is 0 Å². The van der Waals surface area contributed by atoms with Gasteiger partial charge in [0.2, 0.25) is 5.82 Å². The number of pyridine rings is 1. The zero-order valence-electron chi connectivity index (χ0n) is 10.4. The molecule has 2 N–H and O–H groups in total. The summed E-state index contributed by atoms with van der Waals surface area (Å²) in [6.45, 7) is 0. The maximum Gasteiger partial charge on any atom is 0.346 e. The summed E-state index contributed by atoms with van der Waals surface area (Å²) in [7, 11) is 0. The summed E-state index contributed by atoms with van der Waals surface area (Å²) < 4.78 is 66.1. The molecular formula is C12H6F5N3O2. The van der Waals surface area contributed by atoms with Crippen molar-refractivity contribution in [3.05, 3.63) is 59.0 Å². The van der Waals surface area contributed by atoms with Gasteiger partial charge in [-0.1, -0.05) is 0 Å². The first kappa shape index (κ1) is 15.5. The molecule has 0 saturated heterocycles. The Kier molecular flexibility index (Phi) is 4.11. The average molecular weight is 319 g/mol.